The molecule has 5 rings (SSSR count). The number of amides is 1. The van der Waals surface area contributed by atoms with Crippen molar-refractivity contribution >= 4 is 5.91 Å². The zero-order valence-corrected chi connectivity index (χ0v) is 20.0. The Balaban J connectivity index is 1.61. The van der Waals surface area contributed by atoms with Crippen molar-refractivity contribution < 1.29 is 24.9 Å². The summed E-state index contributed by atoms with van der Waals surface area (Å²) in [6.45, 7) is 9.08. The van der Waals surface area contributed by atoms with Gasteiger partial charge in [-0.05, 0) is 77.0 Å². The molecule has 7 heteroatoms. The van der Waals surface area contributed by atoms with Gasteiger partial charge < -0.3 is 25.4 Å². The number of aromatic hydroxyl groups is 1. The van der Waals surface area contributed by atoms with Gasteiger partial charge in [-0.3, -0.25) is 9.69 Å². The number of aliphatic hydroxyl groups is 2. The number of likely N-dealkylation sites (tertiary alicyclic amines) is 1. The average Bonchev–Trinajstić information content (AvgIpc) is 3.51. The summed E-state index contributed by atoms with van der Waals surface area (Å²) in [5, 5.41) is 37.1. The Morgan fingerprint density at radius 2 is 2.09 bits per heavy atom. The lowest BCUT2D eigenvalue weighted by atomic mass is 9.53. The van der Waals surface area contributed by atoms with Gasteiger partial charge in [0, 0.05) is 24.2 Å². The number of nitrogens with zero attached hydrogens (tertiary/aromatic N) is 1. The summed E-state index contributed by atoms with van der Waals surface area (Å²) in [4.78, 5) is 15.2. The van der Waals surface area contributed by atoms with Crippen molar-refractivity contribution in [3.63, 3.8) is 0 Å². The number of carbonyl (C=O) groups excluding carboxylic acids is 1. The second-order valence-electron chi connectivity index (χ2n) is 10.8. The van der Waals surface area contributed by atoms with Crippen molar-refractivity contribution in [2.75, 3.05) is 13.1 Å². The first-order valence-corrected chi connectivity index (χ1v) is 12.3. The Morgan fingerprint density at radius 1 is 1.36 bits per heavy atom. The van der Waals surface area contributed by atoms with Gasteiger partial charge in [-0.25, -0.2) is 0 Å². The standard InChI is InChI=1S/C26H36N2O5/c1-5-14(2)27-24(31)15(3)21(30)23-26-10-11-28(13-16-6-7-16)19(25(26,4)32)12-17-8-9-18(29)22(33-23)20(17)26/h8-9,14,16,19,23,29-30,32H,5-7,10-13H2,1-4H3,(H,27,31)/b21-15-/t14?,19-,23+,25-,26+/m1/s1. The normalized spacial score (nSPS) is 34.2. The zero-order valence-electron chi connectivity index (χ0n) is 20.0. The Morgan fingerprint density at radius 3 is 2.76 bits per heavy atom. The van der Waals surface area contributed by atoms with E-state index < -0.39 is 17.1 Å². The highest BCUT2D eigenvalue weighted by Crippen LogP contribution is 2.63. The lowest BCUT2D eigenvalue weighted by molar-refractivity contribution is -0.153. The molecule has 0 aromatic heterocycles. The van der Waals surface area contributed by atoms with Crippen LogP contribution in [0.1, 0.15) is 64.5 Å². The number of fused-ring (bicyclic) bond motifs is 1. The van der Waals surface area contributed by atoms with E-state index in [1.54, 1.807) is 13.0 Å². The molecule has 4 aliphatic rings. The molecule has 2 aliphatic carbocycles. The molecule has 1 spiro atoms. The van der Waals surface area contributed by atoms with Gasteiger partial charge in [-0.15, -0.1) is 0 Å². The predicted molar refractivity (Wildman–Crippen MR) is 124 cm³/mol. The summed E-state index contributed by atoms with van der Waals surface area (Å²) < 4.78 is 6.25. The molecule has 2 aliphatic heterocycles. The zero-order chi connectivity index (χ0) is 23.7. The van der Waals surface area contributed by atoms with Crippen LogP contribution >= 0.6 is 0 Å². The number of rotatable bonds is 6. The van der Waals surface area contributed by atoms with Crippen LogP contribution in [0, 0.1) is 5.92 Å². The summed E-state index contributed by atoms with van der Waals surface area (Å²) in [5.74, 6) is 0.504. The number of piperidine rings is 1. The molecule has 1 unspecified atom stereocenters. The molecule has 180 valence electrons. The minimum absolute atomic E-state index is 0.000190. The largest absolute Gasteiger partial charge is 0.508 e. The van der Waals surface area contributed by atoms with E-state index in [1.807, 2.05) is 26.8 Å². The number of ether oxygens (including phenoxy) is 1. The Hall–Kier alpha value is -2.25. The fourth-order valence-electron chi connectivity index (χ4n) is 6.32. The SMILES string of the molecule is CCC(C)NC(=O)/C(C)=C(\O)[C@@H]1Oc2c(O)ccc3c2[C@@]12CCN(CC1CC1)[C@H](C3)[C@@]2(C)O. The first-order valence-electron chi connectivity index (χ1n) is 12.3. The van der Waals surface area contributed by atoms with E-state index in [-0.39, 0.29) is 35.1 Å². The number of carbonyl (C=O) groups is 1. The van der Waals surface area contributed by atoms with Gasteiger partial charge in [-0.1, -0.05) is 13.0 Å². The fourth-order valence-corrected chi connectivity index (χ4v) is 6.32. The molecule has 5 atom stereocenters. The number of phenols is 1. The monoisotopic (exact) mass is 456 g/mol. The third-order valence-electron chi connectivity index (χ3n) is 8.70. The highest BCUT2D eigenvalue weighted by atomic mass is 16.5. The number of phenolic OH excluding ortho intramolecular Hbond substituents is 1. The second kappa shape index (κ2) is 7.64. The van der Waals surface area contributed by atoms with E-state index in [1.165, 1.54) is 12.8 Å². The summed E-state index contributed by atoms with van der Waals surface area (Å²) in [5.41, 5.74) is -0.139. The third kappa shape index (κ3) is 3.19. The van der Waals surface area contributed by atoms with Crippen LogP contribution in [0.3, 0.4) is 0 Å². The van der Waals surface area contributed by atoms with Crippen LogP contribution in [0.15, 0.2) is 23.5 Å². The minimum Gasteiger partial charge on any atom is -0.508 e. The van der Waals surface area contributed by atoms with Gasteiger partial charge in [0.05, 0.1) is 16.6 Å². The molecule has 1 aromatic rings. The number of aliphatic hydroxyl groups excluding tert-OH is 1. The lowest BCUT2D eigenvalue weighted by Gasteiger charge is -2.59. The fraction of sp³-hybridized carbons (Fsp3) is 0.654. The van der Waals surface area contributed by atoms with Gasteiger partial charge in [0.25, 0.3) is 5.91 Å². The first-order chi connectivity index (χ1) is 15.6. The maximum atomic E-state index is 12.8. The molecule has 1 aromatic carbocycles. The van der Waals surface area contributed by atoms with Crippen molar-refractivity contribution in [3.8, 4) is 11.5 Å². The summed E-state index contributed by atoms with van der Waals surface area (Å²) in [6.07, 6.45) is 3.55. The molecule has 7 nitrogen and oxygen atoms in total. The summed E-state index contributed by atoms with van der Waals surface area (Å²) >= 11 is 0. The van der Waals surface area contributed by atoms with Crippen molar-refractivity contribution in [2.24, 2.45) is 5.92 Å². The van der Waals surface area contributed by atoms with Crippen molar-refractivity contribution in [1.82, 2.24) is 10.2 Å². The van der Waals surface area contributed by atoms with Crippen LogP contribution in [-0.2, 0) is 16.6 Å². The summed E-state index contributed by atoms with van der Waals surface area (Å²) in [7, 11) is 0. The van der Waals surface area contributed by atoms with Crippen LogP contribution in [0.4, 0.5) is 0 Å². The van der Waals surface area contributed by atoms with Crippen molar-refractivity contribution in [2.45, 2.75) is 89.0 Å². The van der Waals surface area contributed by atoms with Crippen molar-refractivity contribution in [1.29, 1.82) is 0 Å². The quantitative estimate of drug-likeness (QED) is 0.388. The average molecular weight is 457 g/mol. The van der Waals surface area contributed by atoms with Crippen LogP contribution in [0.25, 0.3) is 0 Å². The van der Waals surface area contributed by atoms with Crippen molar-refractivity contribution in [3.05, 3.63) is 34.6 Å². The molecular formula is C26H36N2O5. The van der Waals surface area contributed by atoms with Crippen LogP contribution in [0.5, 0.6) is 11.5 Å². The molecule has 0 radical (unpaired) electrons. The van der Waals surface area contributed by atoms with Crippen LogP contribution in [-0.4, -0.2) is 63.0 Å². The lowest BCUT2D eigenvalue weighted by Crippen LogP contribution is -2.73. The van der Waals surface area contributed by atoms with E-state index in [4.69, 9.17) is 4.74 Å². The van der Waals surface area contributed by atoms with Gasteiger partial charge in [0.1, 0.15) is 5.76 Å². The summed E-state index contributed by atoms with van der Waals surface area (Å²) in [6, 6.07) is 3.40. The van der Waals surface area contributed by atoms with Crippen LogP contribution in [0.2, 0.25) is 0 Å². The van der Waals surface area contributed by atoms with Gasteiger partial charge in [0.15, 0.2) is 17.6 Å². The van der Waals surface area contributed by atoms with E-state index in [2.05, 4.69) is 10.2 Å². The maximum absolute atomic E-state index is 12.8. The van der Waals surface area contributed by atoms with E-state index in [0.717, 1.165) is 30.6 Å². The molecule has 2 fully saturated rings. The highest BCUT2D eigenvalue weighted by molar-refractivity contribution is 5.93. The maximum Gasteiger partial charge on any atom is 0.250 e. The molecule has 33 heavy (non-hydrogen) atoms. The van der Waals surface area contributed by atoms with Gasteiger partial charge in [0.2, 0.25) is 0 Å². The number of benzene rings is 1. The first kappa shape index (κ1) is 22.5. The Labute approximate surface area is 195 Å². The Bertz CT molecular complexity index is 1010. The molecule has 1 amide bonds. The molecular weight excluding hydrogens is 420 g/mol. The predicted octanol–water partition coefficient (Wildman–Crippen LogP) is 2.93. The Kier molecular flexibility index (Phi) is 5.21. The molecule has 1 saturated carbocycles. The molecule has 4 N–H and O–H groups in total. The van der Waals surface area contributed by atoms with E-state index in [9.17, 15) is 20.1 Å². The topological polar surface area (TPSA) is 102 Å². The van der Waals surface area contributed by atoms with E-state index >= 15 is 0 Å². The third-order valence-corrected chi connectivity index (χ3v) is 8.70. The van der Waals surface area contributed by atoms with E-state index in [0.29, 0.717) is 24.5 Å². The van der Waals surface area contributed by atoms with Crippen LogP contribution < -0.4 is 10.1 Å². The number of hydrogen-bond acceptors (Lipinski definition) is 6. The van der Waals surface area contributed by atoms with Gasteiger partial charge in [-0.2, -0.15) is 0 Å². The molecule has 1 saturated heterocycles. The minimum atomic E-state index is -1.21. The smallest absolute Gasteiger partial charge is 0.250 e. The van der Waals surface area contributed by atoms with Gasteiger partial charge >= 0.3 is 0 Å². The molecule has 2 heterocycles. The highest BCUT2D eigenvalue weighted by Gasteiger charge is 2.69. The second-order valence-corrected chi connectivity index (χ2v) is 10.8. The number of nitrogens with one attached hydrogen (secondary N) is 1. The number of hydrogen-bond donors (Lipinski definition) is 4. The molecule has 2 bridgehead atoms.